The number of piperazine rings is 1. The van der Waals surface area contributed by atoms with Crippen LogP contribution in [0.1, 0.15) is 22.8 Å². The highest BCUT2D eigenvalue weighted by Gasteiger charge is 2.22. The molecule has 0 atom stereocenters. The maximum absolute atomic E-state index is 12.6. The number of amides is 1. The Morgan fingerprint density at radius 3 is 2.17 bits per heavy atom. The summed E-state index contributed by atoms with van der Waals surface area (Å²) in [5.74, 6) is 1.02. The second-order valence-corrected chi connectivity index (χ2v) is 6.07. The van der Waals surface area contributed by atoms with Crippen molar-refractivity contribution in [2.45, 2.75) is 13.8 Å². The minimum atomic E-state index is 0.126. The quantitative estimate of drug-likeness (QED) is 0.864. The minimum absolute atomic E-state index is 0.126. The van der Waals surface area contributed by atoms with Gasteiger partial charge in [0.25, 0.3) is 5.91 Å². The summed E-state index contributed by atoms with van der Waals surface area (Å²) in [6.07, 6.45) is 0. The second-order valence-electron chi connectivity index (χ2n) is 6.07. The van der Waals surface area contributed by atoms with Gasteiger partial charge in [0.1, 0.15) is 5.75 Å². The smallest absolute Gasteiger partial charge is 0.253 e. The van der Waals surface area contributed by atoms with Crippen LogP contribution in [0.15, 0.2) is 48.5 Å². The van der Waals surface area contributed by atoms with Gasteiger partial charge in [0.2, 0.25) is 0 Å². The molecule has 126 valence electrons. The highest BCUT2D eigenvalue weighted by Crippen LogP contribution is 2.21. The molecule has 0 radical (unpaired) electrons. The van der Waals surface area contributed by atoms with Crippen LogP contribution in [0.25, 0.3) is 0 Å². The molecule has 0 spiro atoms. The first kappa shape index (κ1) is 16.4. The largest absolute Gasteiger partial charge is 0.494 e. The second kappa shape index (κ2) is 7.39. The predicted molar refractivity (Wildman–Crippen MR) is 96.9 cm³/mol. The Labute approximate surface area is 143 Å². The number of rotatable bonds is 4. The van der Waals surface area contributed by atoms with Crippen molar-refractivity contribution in [2.75, 3.05) is 37.7 Å². The molecule has 0 saturated carbocycles. The lowest BCUT2D eigenvalue weighted by Gasteiger charge is -2.36. The number of carbonyl (C=O) groups excluding carboxylic acids is 1. The topological polar surface area (TPSA) is 32.8 Å². The zero-order chi connectivity index (χ0) is 16.9. The Kier molecular flexibility index (Phi) is 5.04. The molecule has 1 amide bonds. The molecule has 24 heavy (non-hydrogen) atoms. The van der Waals surface area contributed by atoms with E-state index in [4.69, 9.17) is 4.74 Å². The van der Waals surface area contributed by atoms with E-state index in [0.29, 0.717) is 6.61 Å². The van der Waals surface area contributed by atoms with Gasteiger partial charge in [0, 0.05) is 37.4 Å². The van der Waals surface area contributed by atoms with Gasteiger partial charge in [-0.3, -0.25) is 4.79 Å². The number of carbonyl (C=O) groups is 1. The fraction of sp³-hybridized carbons (Fsp3) is 0.350. The molecular weight excluding hydrogens is 300 g/mol. The number of aryl methyl sites for hydroxylation is 1. The van der Waals surface area contributed by atoms with E-state index >= 15 is 0 Å². The molecule has 2 aromatic rings. The average Bonchev–Trinajstić information content (AvgIpc) is 2.63. The third-order valence-electron chi connectivity index (χ3n) is 4.38. The maximum Gasteiger partial charge on any atom is 0.253 e. The van der Waals surface area contributed by atoms with Crippen LogP contribution < -0.4 is 9.64 Å². The van der Waals surface area contributed by atoms with E-state index in [-0.39, 0.29) is 5.91 Å². The van der Waals surface area contributed by atoms with Gasteiger partial charge in [-0.2, -0.15) is 0 Å². The Bertz CT molecular complexity index is 672. The van der Waals surface area contributed by atoms with Crippen molar-refractivity contribution in [1.82, 2.24) is 4.90 Å². The van der Waals surface area contributed by atoms with Crippen LogP contribution >= 0.6 is 0 Å². The molecule has 0 aliphatic carbocycles. The molecule has 0 bridgehead atoms. The van der Waals surface area contributed by atoms with E-state index in [1.165, 1.54) is 11.3 Å². The molecule has 0 aromatic heterocycles. The Hall–Kier alpha value is -2.49. The van der Waals surface area contributed by atoms with Gasteiger partial charge in [-0.15, -0.1) is 0 Å². The summed E-state index contributed by atoms with van der Waals surface area (Å²) in [6.45, 7) is 7.90. The van der Waals surface area contributed by atoms with Crippen LogP contribution in [0.4, 0.5) is 5.69 Å². The number of ether oxygens (including phenoxy) is 1. The molecule has 0 unspecified atom stereocenters. The number of anilines is 1. The summed E-state index contributed by atoms with van der Waals surface area (Å²) in [7, 11) is 0. The minimum Gasteiger partial charge on any atom is -0.494 e. The van der Waals surface area contributed by atoms with E-state index in [9.17, 15) is 4.79 Å². The molecule has 1 fully saturated rings. The van der Waals surface area contributed by atoms with E-state index in [1.807, 2.05) is 55.1 Å². The zero-order valence-electron chi connectivity index (χ0n) is 14.4. The molecule has 1 saturated heterocycles. The van der Waals surface area contributed by atoms with Crippen LogP contribution in [0.3, 0.4) is 0 Å². The van der Waals surface area contributed by atoms with Crippen molar-refractivity contribution in [3.8, 4) is 5.75 Å². The van der Waals surface area contributed by atoms with Crippen molar-refractivity contribution in [3.05, 3.63) is 59.7 Å². The van der Waals surface area contributed by atoms with Crippen LogP contribution in [-0.4, -0.2) is 43.6 Å². The lowest BCUT2D eigenvalue weighted by Crippen LogP contribution is -2.48. The van der Waals surface area contributed by atoms with Crippen LogP contribution in [0, 0.1) is 6.92 Å². The van der Waals surface area contributed by atoms with E-state index in [2.05, 4.69) is 17.0 Å². The van der Waals surface area contributed by atoms with Crippen molar-refractivity contribution in [1.29, 1.82) is 0 Å². The first-order valence-electron chi connectivity index (χ1n) is 8.51. The Balaban J connectivity index is 1.59. The predicted octanol–water partition coefficient (Wildman–Crippen LogP) is 3.36. The van der Waals surface area contributed by atoms with Gasteiger partial charge >= 0.3 is 0 Å². The van der Waals surface area contributed by atoms with Crippen molar-refractivity contribution in [2.24, 2.45) is 0 Å². The van der Waals surface area contributed by atoms with Crippen LogP contribution in [0.2, 0.25) is 0 Å². The Morgan fingerprint density at radius 2 is 1.58 bits per heavy atom. The first-order chi connectivity index (χ1) is 11.7. The molecular formula is C20H24N2O2. The summed E-state index contributed by atoms with van der Waals surface area (Å²) in [4.78, 5) is 16.8. The number of hydrogen-bond acceptors (Lipinski definition) is 3. The highest BCUT2D eigenvalue weighted by molar-refractivity contribution is 5.94. The van der Waals surface area contributed by atoms with Gasteiger partial charge in [0.15, 0.2) is 0 Å². The number of benzene rings is 2. The molecule has 2 aromatic carbocycles. The van der Waals surface area contributed by atoms with Gasteiger partial charge < -0.3 is 14.5 Å². The molecule has 1 aliphatic heterocycles. The van der Waals surface area contributed by atoms with Crippen molar-refractivity contribution >= 4 is 11.6 Å². The van der Waals surface area contributed by atoms with Crippen molar-refractivity contribution in [3.63, 3.8) is 0 Å². The van der Waals surface area contributed by atoms with Gasteiger partial charge in [-0.05, 0) is 50.2 Å². The molecule has 0 N–H and O–H groups in total. The molecule has 1 heterocycles. The fourth-order valence-electron chi connectivity index (χ4n) is 2.97. The summed E-state index contributed by atoms with van der Waals surface area (Å²) < 4.78 is 5.48. The summed E-state index contributed by atoms with van der Waals surface area (Å²) in [6, 6.07) is 16.0. The summed E-state index contributed by atoms with van der Waals surface area (Å²) in [5.41, 5.74) is 3.13. The third-order valence-corrected chi connectivity index (χ3v) is 4.38. The molecule has 4 nitrogen and oxygen atoms in total. The van der Waals surface area contributed by atoms with Gasteiger partial charge in [-0.25, -0.2) is 0 Å². The molecule has 1 aliphatic rings. The summed E-state index contributed by atoms with van der Waals surface area (Å²) >= 11 is 0. The first-order valence-corrected chi connectivity index (χ1v) is 8.51. The number of nitrogens with zero attached hydrogens (tertiary/aromatic N) is 2. The van der Waals surface area contributed by atoms with Gasteiger partial charge in [-0.1, -0.05) is 17.7 Å². The third kappa shape index (κ3) is 3.70. The number of hydrogen-bond donors (Lipinski definition) is 0. The van der Waals surface area contributed by atoms with Gasteiger partial charge in [0.05, 0.1) is 6.61 Å². The molecule has 4 heteroatoms. The molecule has 3 rings (SSSR count). The van der Waals surface area contributed by atoms with Crippen LogP contribution in [-0.2, 0) is 0 Å². The standard InChI is InChI=1S/C20H24N2O2/c1-3-24-19-10-8-18(9-11-19)21-12-14-22(15-13-21)20(23)17-6-4-16(2)5-7-17/h4-11H,3,12-15H2,1-2H3. The SMILES string of the molecule is CCOc1ccc(N2CCN(C(=O)c3ccc(C)cc3)CC2)cc1. The highest BCUT2D eigenvalue weighted by atomic mass is 16.5. The van der Waals surface area contributed by atoms with E-state index in [1.54, 1.807) is 0 Å². The average molecular weight is 324 g/mol. The Morgan fingerprint density at radius 1 is 0.958 bits per heavy atom. The van der Waals surface area contributed by atoms with E-state index in [0.717, 1.165) is 37.5 Å². The monoisotopic (exact) mass is 324 g/mol. The van der Waals surface area contributed by atoms with Crippen LogP contribution in [0.5, 0.6) is 5.75 Å². The normalized spacial score (nSPS) is 14.6. The lowest BCUT2D eigenvalue weighted by molar-refractivity contribution is 0.0747. The maximum atomic E-state index is 12.6. The fourth-order valence-corrected chi connectivity index (χ4v) is 2.97. The van der Waals surface area contributed by atoms with Crippen molar-refractivity contribution < 1.29 is 9.53 Å². The lowest BCUT2D eigenvalue weighted by atomic mass is 10.1. The van der Waals surface area contributed by atoms with E-state index < -0.39 is 0 Å². The summed E-state index contributed by atoms with van der Waals surface area (Å²) in [5, 5.41) is 0. The zero-order valence-corrected chi connectivity index (χ0v) is 14.4.